The summed E-state index contributed by atoms with van der Waals surface area (Å²) >= 11 is 0. The van der Waals surface area contributed by atoms with Crippen LogP contribution in [0, 0.1) is 5.41 Å². The van der Waals surface area contributed by atoms with Crippen molar-refractivity contribution < 1.29 is 28.2 Å². The molecule has 34 heavy (non-hydrogen) atoms. The Labute approximate surface area is 200 Å². The average Bonchev–Trinajstić information content (AvgIpc) is 3.12. The van der Waals surface area contributed by atoms with Crippen molar-refractivity contribution in [3.05, 3.63) is 40.1 Å². The van der Waals surface area contributed by atoms with Crippen LogP contribution in [0.2, 0.25) is 0 Å². The maximum atomic E-state index is 14.2. The van der Waals surface area contributed by atoms with Crippen LogP contribution in [0.4, 0.5) is 4.39 Å². The van der Waals surface area contributed by atoms with Gasteiger partial charge in [0, 0.05) is 44.7 Å². The van der Waals surface area contributed by atoms with Gasteiger partial charge < -0.3 is 14.4 Å². The third kappa shape index (κ3) is 3.88. The summed E-state index contributed by atoms with van der Waals surface area (Å²) < 4.78 is 25.1. The number of hydrogen-bond acceptors (Lipinski definition) is 6. The van der Waals surface area contributed by atoms with Crippen LogP contribution in [0.3, 0.4) is 0 Å². The second kappa shape index (κ2) is 9.25. The number of ether oxygens (including phenoxy) is 2. The Bertz CT molecular complexity index is 1060. The van der Waals surface area contributed by atoms with Crippen molar-refractivity contribution in [3.63, 3.8) is 0 Å². The van der Waals surface area contributed by atoms with Gasteiger partial charge in [-0.3, -0.25) is 14.4 Å². The van der Waals surface area contributed by atoms with E-state index < -0.39 is 6.04 Å². The molecule has 1 aliphatic carbocycles. The van der Waals surface area contributed by atoms with E-state index in [4.69, 9.17) is 9.47 Å². The number of ketones is 2. The summed E-state index contributed by atoms with van der Waals surface area (Å²) in [6.45, 7) is 6.75. The van der Waals surface area contributed by atoms with Crippen molar-refractivity contribution in [2.75, 3.05) is 20.8 Å². The highest BCUT2D eigenvalue weighted by atomic mass is 19.1. The van der Waals surface area contributed by atoms with Gasteiger partial charge in [0.25, 0.3) is 0 Å². The first-order chi connectivity index (χ1) is 16.2. The van der Waals surface area contributed by atoms with E-state index in [1.807, 2.05) is 0 Å². The molecular formula is C27H34FNO5. The van der Waals surface area contributed by atoms with Crippen molar-refractivity contribution in [1.29, 1.82) is 0 Å². The lowest BCUT2D eigenvalue weighted by Gasteiger charge is -2.51. The van der Waals surface area contributed by atoms with Gasteiger partial charge in [0.05, 0.1) is 24.3 Å². The quantitative estimate of drug-likeness (QED) is 0.307. The number of carbonyl (C=O) groups excluding carboxylic acids is 3. The molecular weight excluding hydrogens is 437 g/mol. The highest BCUT2D eigenvalue weighted by Crippen LogP contribution is 2.59. The van der Waals surface area contributed by atoms with E-state index in [1.54, 1.807) is 26.3 Å². The summed E-state index contributed by atoms with van der Waals surface area (Å²) in [4.78, 5) is 39.8. The van der Waals surface area contributed by atoms with Crippen LogP contribution in [0.25, 0.3) is 0 Å². The average molecular weight is 472 g/mol. The zero-order chi connectivity index (χ0) is 24.8. The van der Waals surface area contributed by atoms with Gasteiger partial charge in [0.1, 0.15) is 5.75 Å². The molecule has 3 unspecified atom stereocenters. The first-order valence-electron chi connectivity index (χ1n) is 12.1. The number of nitrogens with zero attached hydrogens (tertiary/aromatic N) is 1. The second-order valence-corrected chi connectivity index (χ2v) is 10.3. The predicted molar refractivity (Wildman–Crippen MR) is 126 cm³/mol. The van der Waals surface area contributed by atoms with Crippen LogP contribution in [-0.2, 0) is 20.7 Å². The lowest BCUT2D eigenvalue weighted by Crippen LogP contribution is -2.50. The molecule has 0 radical (unpaired) electrons. The number of Topliss-reactive ketones (excluding diaryl/α,β-unsaturated/α-hetero) is 2. The van der Waals surface area contributed by atoms with Crippen LogP contribution < -0.4 is 4.74 Å². The molecule has 3 atom stereocenters. The largest absolute Gasteiger partial charge is 0.496 e. The van der Waals surface area contributed by atoms with Crippen LogP contribution >= 0.6 is 0 Å². The Balaban J connectivity index is 1.98. The van der Waals surface area contributed by atoms with Crippen molar-refractivity contribution in [2.24, 2.45) is 5.41 Å². The van der Waals surface area contributed by atoms with Crippen molar-refractivity contribution >= 4 is 17.6 Å². The van der Waals surface area contributed by atoms with Crippen LogP contribution in [0.5, 0.6) is 5.75 Å². The fraction of sp³-hybridized carbons (Fsp3) is 0.593. The summed E-state index contributed by atoms with van der Waals surface area (Å²) in [5.74, 6) is 0.0621. The Morgan fingerprint density at radius 1 is 1.26 bits per heavy atom. The Hall–Kier alpha value is -2.54. The Kier molecular flexibility index (Phi) is 6.69. The number of rotatable bonds is 8. The van der Waals surface area contributed by atoms with Gasteiger partial charge in [0.15, 0.2) is 11.6 Å². The molecule has 6 nitrogen and oxygen atoms in total. The third-order valence-corrected chi connectivity index (χ3v) is 7.92. The van der Waals surface area contributed by atoms with Gasteiger partial charge in [-0.2, -0.15) is 4.39 Å². The molecule has 1 fully saturated rings. The SMILES string of the molecule is CCC(=O)C1=CN2C(CC1=O)c1cc(C(=O)F)c(OC)c(CCCOC)c1C1CCC(C)(C)C12. The normalized spacial score (nSPS) is 24.8. The molecule has 0 aromatic heterocycles. The minimum Gasteiger partial charge on any atom is -0.496 e. The predicted octanol–water partition coefficient (Wildman–Crippen LogP) is 4.85. The minimum absolute atomic E-state index is 0.0521. The second-order valence-electron chi connectivity index (χ2n) is 10.3. The van der Waals surface area contributed by atoms with Gasteiger partial charge in [-0.05, 0) is 53.9 Å². The summed E-state index contributed by atoms with van der Waals surface area (Å²) in [5.41, 5.74) is 2.83. The van der Waals surface area contributed by atoms with Crippen LogP contribution in [0.1, 0.15) is 91.9 Å². The van der Waals surface area contributed by atoms with E-state index >= 15 is 0 Å². The van der Waals surface area contributed by atoms with Gasteiger partial charge in [-0.25, -0.2) is 0 Å². The number of hydrogen-bond donors (Lipinski definition) is 0. The standard InChI is InChI=1S/C27H34FNO5/c1-6-21(30)19-14-29-20(13-22(19)31)17-12-18(26(28)32)24(34-5)15(8-7-11-33-4)23(17)16-9-10-27(2,3)25(16)29/h12,14,16,20,25H,6-11,13H2,1-5H3. The molecule has 3 aliphatic rings. The van der Waals surface area contributed by atoms with E-state index in [-0.39, 0.29) is 59.0 Å². The fourth-order valence-electron chi connectivity index (χ4n) is 6.45. The zero-order valence-corrected chi connectivity index (χ0v) is 20.7. The number of benzene rings is 1. The number of fused-ring (bicyclic) bond motifs is 6. The lowest BCUT2D eigenvalue weighted by atomic mass is 9.70. The fourth-order valence-corrected chi connectivity index (χ4v) is 6.45. The lowest BCUT2D eigenvalue weighted by molar-refractivity contribution is -0.123. The van der Waals surface area contributed by atoms with Crippen LogP contribution in [0.15, 0.2) is 17.8 Å². The topological polar surface area (TPSA) is 72.9 Å². The maximum Gasteiger partial charge on any atom is 0.335 e. The van der Waals surface area contributed by atoms with Gasteiger partial charge in [0.2, 0.25) is 0 Å². The summed E-state index contributed by atoms with van der Waals surface area (Å²) in [6.07, 6.45) is 5.34. The third-order valence-electron chi connectivity index (χ3n) is 7.92. The molecule has 7 heteroatoms. The minimum atomic E-state index is -1.55. The van der Waals surface area contributed by atoms with Crippen molar-refractivity contribution in [1.82, 2.24) is 4.90 Å². The first-order valence-corrected chi connectivity index (χ1v) is 12.1. The zero-order valence-electron chi connectivity index (χ0n) is 20.7. The molecule has 184 valence electrons. The number of carbonyl (C=O) groups is 3. The van der Waals surface area contributed by atoms with Crippen molar-refractivity contribution in [3.8, 4) is 5.75 Å². The summed E-state index contributed by atoms with van der Waals surface area (Å²) in [5, 5.41) is 0. The molecule has 0 amide bonds. The van der Waals surface area contributed by atoms with Crippen LogP contribution in [-0.4, -0.2) is 49.4 Å². The highest BCUT2D eigenvalue weighted by molar-refractivity contribution is 6.20. The van der Waals surface area contributed by atoms with E-state index in [9.17, 15) is 18.8 Å². The molecule has 0 N–H and O–H groups in total. The van der Waals surface area contributed by atoms with E-state index in [0.29, 0.717) is 25.2 Å². The van der Waals surface area contributed by atoms with Gasteiger partial charge in [-0.1, -0.05) is 20.8 Å². The highest BCUT2D eigenvalue weighted by Gasteiger charge is 2.53. The number of methoxy groups -OCH3 is 2. The molecule has 0 saturated heterocycles. The maximum absolute atomic E-state index is 14.2. The smallest absolute Gasteiger partial charge is 0.335 e. The monoisotopic (exact) mass is 471 g/mol. The molecule has 1 aromatic carbocycles. The van der Waals surface area contributed by atoms with E-state index in [0.717, 1.165) is 29.5 Å². The molecule has 1 aromatic rings. The summed E-state index contributed by atoms with van der Waals surface area (Å²) in [7, 11) is 3.10. The molecule has 4 rings (SSSR count). The molecule has 1 saturated carbocycles. The Morgan fingerprint density at radius 3 is 2.62 bits per heavy atom. The summed E-state index contributed by atoms with van der Waals surface area (Å²) in [6, 6.07) is -0.230. The first kappa shape index (κ1) is 24.6. The van der Waals surface area contributed by atoms with Gasteiger partial charge in [-0.15, -0.1) is 0 Å². The molecule has 0 spiro atoms. The molecule has 0 bridgehead atoms. The van der Waals surface area contributed by atoms with Gasteiger partial charge >= 0.3 is 6.04 Å². The Morgan fingerprint density at radius 2 is 2.00 bits per heavy atom. The number of halogens is 1. The van der Waals surface area contributed by atoms with Crippen molar-refractivity contribution in [2.45, 2.75) is 77.3 Å². The number of allylic oxidation sites excluding steroid dienone is 1. The van der Waals surface area contributed by atoms with E-state index in [1.165, 1.54) is 7.11 Å². The molecule has 2 heterocycles. The van der Waals surface area contributed by atoms with E-state index in [2.05, 4.69) is 18.7 Å². The molecule has 2 aliphatic heterocycles.